The molecule has 21 heavy (non-hydrogen) atoms. The molecule has 116 valence electrons. The van der Waals surface area contributed by atoms with Gasteiger partial charge in [-0.15, -0.1) is 0 Å². The summed E-state index contributed by atoms with van der Waals surface area (Å²) < 4.78 is 23.0. The molecule has 1 aliphatic heterocycles. The number of nitrogens with zero attached hydrogens (tertiary/aromatic N) is 1. The Bertz CT molecular complexity index is 636. The van der Waals surface area contributed by atoms with E-state index in [1.807, 2.05) is 6.92 Å². The Morgan fingerprint density at radius 1 is 1.29 bits per heavy atom. The van der Waals surface area contributed by atoms with E-state index in [2.05, 4.69) is 4.90 Å². The molecule has 1 heterocycles. The van der Waals surface area contributed by atoms with Crippen molar-refractivity contribution in [1.82, 2.24) is 4.90 Å². The van der Waals surface area contributed by atoms with Gasteiger partial charge in [-0.2, -0.15) is 0 Å². The molecular weight excluding hydrogens is 292 g/mol. The van der Waals surface area contributed by atoms with Crippen LogP contribution in [0.5, 0.6) is 0 Å². The van der Waals surface area contributed by atoms with E-state index in [0.29, 0.717) is 5.56 Å². The topological polar surface area (TPSA) is 101 Å². The van der Waals surface area contributed by atoms with E-state index in [1.54, 1.807) is 0 Å². The van der Waals surface area contributed by atoms with Crippen molar-refractivity contribution in [3.8, 4) is 0 Å². The highest BCUT2D eigenvalue weighted by atomic mass is 32.2. The third kappa shape index (κ3) is 3.61. The van der Waals surface area contributed by atoms with Crippen molar-refractivity contribution < 1.29 is 18.3 Å². The number of hydrogen-bond acceptors (Lipinski definition) is 4. The van der Waals surface area contributed by atoms with Crippen molar-refractivity contribution in [2.24, 2.45) is 5.14 Å². The van der Waals surface area contributed by atoms with Gasteiger partial charge in [0.05, 0.1) is 10.5 Å². The fourth-order valence-electron chi connectivity index (χ4n) is 2.76. The Kier molecular flexibility index (Phi) is 4.65. The maximum absolute atomic E-state index is 11.5. The van der Waals surface area contributed by atoms with E-state index >= 15 is 0 Å². The number of likely N-dealkylation sites (tertiary alicyclic amines) is 1. The number of carboxylic acids is 1. The van der Waals surface area contributed by atoms with E-state index in [0.717, 1.165) is 25.9 Å². The monoisotopic (exact) mass is 312 g/mol. The van der Waals surface area contributed by atoms with Gasteiger partial charge in [0.2, 0.25) is 10.0 Å². The summed E-state index contributed by atoms with van der Waals surface area (Å²) >= 11 is 0. The maximum atomic E-state index is 11.5. The predicted molar refractivity (Wildman–Crippen MR) is 78.6 cm³/mol. The lowest BCUT2D eigenvalue weighted by atomic mass is 9.98. The van der Waals surface area contributed by atoms with Crippen molar-refractivity contribution in [3.63, 3.8) is 0 Å². The lowest BCUT2D eigenvalue weighted by molar-refractivity contribution is 0.0691. The van der Waals surface area contributed by atoms with Gasteiger partial charge in [-0.1, -0.05) is 6.42 Å². The van der Waals surface area contributed by atoms with E-state index < -0.39 is 16.0 Å². The Hall–Kier alpha value is -1.44. The molecular formula is C14H20N2O4S. The summed E-state index contributed by atoms with van der Waals surface area (Å²) in [7, 11) is -3.84. The lowest BCUT2D eigenvalue weighted by Gasteiger charge is -2.33. The summed E-state index contributed by atoms with van der Waals surface area (Å²) in [5, 5.41) is 14.4. The largest absolute Gasteiger partial charge is 0.478 e. The van der Waals surface area contributed by atoms with Gasteiger partial charge < -0.3 is 5.11 Å². The molecule has 0 radical (unpaired) electrons. The standard InChI is InChI=1S/C14H20N2O4S/c1-10(16-7-3-2-4-8-16)13-9-11(21(15,19)20)5-6-12(13)14(17)18/h5-6,9-10H,2-4,7-8H2,1H3,(H,17,18)(H2,15,19,20). The third-order valence-corrected chi connectivity index (χ3v) is 4.88. The van der Waals surface area contributed by atoms with Gasteiger partial charge in [-0.25, -0.2) is 18.4 Å². The Morgan fingerprint density at radius 2 is 1.90 bits per heavy atom. The molecule has 0 spiro atoms. The zero-order chi connectivity index (χ0) is 15.6. The predicted octanol–water partition coefficient (Wildman–Crippen LogP) is 1.58. The summed E-state index contributed by atoms with van der Waals surface area (Å²) in [5.74, 6) is -1.06. The van der Waals surface area contributed by atoms with Gasteiger partial charge in [0.1, 0.15) is 0 Å². The van der Waals surface area contributed by atoms with Gasteiger partial charge in [-0.05, 0) is 56.6 Å². The molecule has 7 heteroatoms. The molecule has 2 rings (SSSR count). The smallest absolute Gasteiger partial charge is 0.336 e. The number of carbonyl (C=O) groups is 1. The number of sulfonamides is 1. The zero-order valence-electron chi connectivity index (χ0n) is 11.9. The van der Waals surface area contributed by atoms with E-state index in [9.17, 15) is 18.3 Å². The molecule has 1 aromatic rings. The van der Waals surface area contributed by atoms with Crippen LogP contribution in [0.1, 0.15) is 48.1 Å². The molecule has 1 aliphatic rings. The van der Waals surface area contributed by atoms with Crippen LogP contribution < -0.4 is 5.14 Å². The van der Waals surface area contributed by atoms with E-state index in [1.165, 1.54) is 24.6 Å². The second kappa shape index (κ2) is 6.13. The Balaban J connectivity index is 2.45. The van der Waals surface area contributed by atoms with E-state index in [-0.39, 0.29) is 16.5 Å². The van der Waals surface area contributed by atoms with Crippen LogP contribution in [0.4, 0.5) is 0 Å². The average molecular weight is 312 g/mol. The van der Waals surface area contributed by atoms with Crippen LogP contribution in [0.3, 0.4) is 0 Å². The molecule has 1 saturated heterocycles. The van der Waals surface area contributed by atoms with Gasteiger partial charge in [-0.3, -0.25) is 4.90 Å². The molecule has 1 aromatic carbocycles. The highest BCUT2D eigenvalue weighted by molar-refractivity contribution is 7.89. The van der Waals surface area contributed by atoms with Crippen molar-refractivity contribution in [2.45, 2.75) is 37.1 Å². The molecule has 0 aliphatic carbocycles. The fourth-order valence-corrected chi connectivity index (χ4v) is 3.31. The molecule has 0 bridgehead atoms. The minimum atomic E-state index is -3.84. The average Bonchev–Trinajstić information content (AvgIpc) is 2.45. The van der Waals surface area contributed by atoms with Crippen LogP contribution in [0.15, 0.2) is 23.1 Å². The number of carboxylic acid groups (broad SMARTS) is 1. The van der Waals surface area contributed by atoms with Gasteiger partial charge in [0.25, 0.3) is 0 Å². The van der Waals surface area contributed by atoms with Crippen molar-refractivity contribution in [3.05, 3.63) is 29.3 Å². The summed E-state index contributed by atoms with van der Waals surface area (Å²) in [5.41, 5.74) is 0.622. The van der Waals surface area contributed by atoms with Crippen LogP contribution in [0.2, 0.25) is 0 Å². The molecule has 0 aromatic heterocycles. The van der Waals surface area contributed by atoms with E-state index in [4.69, 9.17) is 5.14 Å². The van der Waals surface area contributed by atoms with Crippen LogP contribution in [0.25, 0.3) is 0 Å². The van der Waals surface area contributed by atoms with Gasteiger partial charge in [0, 0.05) is 6.04 Å². The highest BCUT2D eigenvalue weighted by Gasteiger charge is 2.24. The molecule has 0 amide bonds. The van der Waals surface area contributed by atoms with Crippen molar-refractivity contribution in [1.29, 1.82) is 0 Å². The number of benzene rings is 1. The number of hydrogen-bond donors (Lipinski definition) is 2. The molecule has 0 saturated carbocycles. The highest BCUT2D eigenvalue weighted by Crippen LogP contribution is 2.28. The first-order valence-corrected chi connectivity index (χ1v) is 8.49. The normalized spacial score (nSPS) is 18.4. The van der Waals surface area contributed by atoms with Crippen LogP contribution in [0, 0.1) is 0 Å². The number of rotatable bonds is 4. The van der Waals surface area contributed by atoms with Crippen LogP contribution in [-0.4, -0.2) is 37.5 Å². The number of primary sulfonamides is 1. The van der Waals surface area contributed by atoms with Gasteiger partial charge >= 0.3 is 5.97 Å². The summed E-state index contributed by atoms with van der Waals surface area (Å²) in [4.78, 5) is 13.5. The minimum absolute atomic E-state index is 0.0497. The quantitative estimate of drug-likeness (QED) is 0.879. The summed E-state index contributed by atoms with van der Waals surface area (Å²) in [6.45, 7) is 3.68. The Morgan fingerprint density at radius 3 is 2.43 bits per heavy atom. The summed E-state index contributed by atoms with van der Waals surface area (Å²) in [6, 6.07) is 3.79. The molecule has 1 unspecified atom stereocenters. The SMILES string of the molecule is CC(c1cc(S(N)(=O)=O)ccc1C(=O)O)N1CCCCC1. The Labute approximate surface area is 124 Å². The number of aromatic carboxylic acids is 1. The molecule has 3 N–H and O–H groups in total. The van der Waals surface area contributed by atoms with Gasteiger partial charge in [0.15, 0.2) is 0 Å². The number of piperidine rings is 1. The first-order valence-electron chi connectivity index (χ1n) is 6.95. The first kappa shape index (κ1) is 15.9. The fraction of sp³-hybridized carbons (Fsp3) is 0.500. The molecule has 6 nitrogen and oxygen atoms in total. The second-order valence-corrected chi connectivity index (χ2v) is 6.93. The first-order chi connectivity index (χ1) is 9.80. The molecule has 1 fully saturated rings. The van der Waals surface area contributed by atoms with Crippen molar-refractivity contribution in [2.75, 3.05) is 13.1 Å². The maximum Gasteiger partial charge on any atom is 0.336 e. The number of nitrogens with two attached hydrogens (primary N) is 1. The minimum Gasteiger partial charge on any atom is -0.478 e. The second-order valence-electron chi connectivity index (χ2n) is 5.37. The lowest BCUT2D eigenvalue weighted by Crippen LogP contribution is -2.33. The summed E-state index contributed by atoms with van der Waals surface area (Å²) in [6.07, 6.45) is 3.31. The van der Waals surface area contributed by atoms with Crippen molar-refractivity contribution >= 4 is 16.0 Å². The molecule has 1 atom stereocenters. The zero-order valence-corrected chi connectivity index (χ0v) is 12.8. The third-order valence-electron chi connectivity index (χ3n) is 3.97. The van der Waals surface area contributed by atoms with Crippen LogP contribution >= 0.6 is 0 Å². The van der Waals surface area contributed by atoms with Crippen LogP contribution in [-0.2, 0) is 10.0 Å².